The standard InChI is InChI=1S/C23H25FN6O3/c1-5-30-17-10-13(15-6-7-27-23(26)29-15)14(24)11-16(17)28-22(30)20(25)12-8-18(31-2)21(33-4)19(9-12)32-3/h6-11,20H,5,25H2,1-4H3,(H2,26,27,29). The van der Waals surface area contributed by atoms with Crippen molar-refractivity contribution in [2.75, 3.05) is 27.1 Å². The lowest BCUT2D eigenvalue weighted by molar-refractivity contribution is 0.323. The van der Waals surface area contributed by atoms with Crippen LogP contribution in [0.1, 0.15) is 24.4 Å². The van der Waals surface area contributed by atoms with Gasteiger partial charge in [-0.15, -0.1) is 0 Å². The molecule has 0 amide bonds. The molecule has 2 aromatic heterocycles. The number of anilines is 1. The number of aryl methyl sites for hydroxylation is 1. The molecule has 2 heterocycles. The van der Waals surface area contributed by atoms with Gasteiger partial charge in [0, 0.05) is 24.4 Å². The average molecular weight is 452 g/mol. The molecule has 0 aliphatic rings. The third kappa shape index (κ3) is 3.89. The van der Waals surface area contributed by atoms with Crippen LogP contribution in [0, 0.1) is 5.82 Å². The fraction of sp³-hybridized carbons (Fsp3) is 0.261. The third-order valence-corrected chi connectivity index (χ3v) is 5.46. The number of nitrogens with two attached hydrogens (primary N) is 2. The zero-order chi connectivity index (χ0) is 23.7. The SMILES string of the molecule is CCn1c(C(N)c2cc(OC)c(OC)c(OC)c2)nc2cc(F)c(-c3ccnc(N)n3)cc21. The third-order valence-electron chi connectivity index (χ3n) is 5.46. The van der Waals surface area contributed by atoms with E-state index in [2.05, 4.69) is 15.0 Å². The van der Waals surface area contributed by atoms with E-state index in [1.165, 1.54) is 33.6 Å². The second-order valence-electron chi connectivity index (χ2n) is 7.27. The molecule has 172 valence electrons. The van der Waals surface area contributed by atoms with E-state index in [1.807, 2.05) is 11.5 Å². The van der Waals surface area contributed by atoms with Crippen molar-refractivity contribution in [1.82, 2.24) is 19.5 Å². The highest BCUT2D eigenvalue weighted by Crippen LogP contribution is 2.40. The van der Waals surface area contributed by atoms with Gasteiger partial charge in [-0.1, -0.05) is 0 Å². The molecule has 33 heavy (non-hydrogen) atoms. The molecule has 9 nitrogen and oxygen atoms in total. The summed E-state index contributed by atoms with van der Waals surface area (Å²) >= 11 is 0. The molecule has 0 bridgehead atoms. The molecular formula is C23H25FN6O3. The number of nitrogens with zero attached hydrogens (tertiary/aromatic N) is 4. The second-order valence-corrected chi connectivity index (χ2v) is 7.27. The van der Waals surface area contributed by atoms with Gasteiger partial charge in [0.15, 0.2) is 11.5 Å². The normalized spacial score (nSPS) is 12.1. The minimum Gasteiger partial charge on any atom is -0.493 e. The van der Waals surface area contributed by atoms with Crippen molar-refractivity contribution in [1.29, 1.82) is 0 Å². The van der Waals surface area contributed by atoms with E-state index < -0.39 is 11.9 Å². The van der Waals surface area contributed by atoms with Gasteiger partial charge in [0.05, 0.1) is 44.1 Å². The molecule has 2 aromatic carbocycles. The molecule has 4 aromatic rings. The van der Waals surface area contributed by atoms with E-state index in [0.717, 1.165) is 5.52 Å². The lowest BCUT2D eigenvalue weighted by atomic mass is 10.1. The number of halogens is 1. The molecule has 0 fully saturated rings. The van der Waals surface area contributed by atoms with Crippen LogP contribution in [-0.2, 0) is 6.54 Å². The molecule has 1 atom stereocenters. The first kappa shape index (κ1) is 22.3. The maximum absolute atomic E-state index is 15.0. The Balaban J connectivity index is 1.86. The number of hydrogen-bond donors (Lipinski definition) is 2. The molecule has 4 N–H and O–H groups in total. The minimum atomic E-state index is -0.632. The summed E-state index contributed by atoms with van der Waals surface area (Å²) in [6.45, 7) is 2.54. The number of hydrogen-bond acceptors (Lipinski definition) is 8. The summed E-state index contributed by atoms with van der Waals surface area (Å²) < 4.78 is 33.2. The molecule has 0 spiro atoms. The highest BCUT2D eigenvalue weighted by Gasteiger charge is 2.23. The molecule has 0 saturated carbocycles. The van der Waals surface area contributed by atoms with Crippen molar-refractivity contribution in [2.24, 2.45) is 5.73 Å². The van der Waals surface area contributed by atoms with E-state index in [-0.39, 0.29) is 5.95 Å². The molecule has 10 heteroatoms. The first-order chi connectivity index (χ1) is 15.9. The number of fused-ring (bicyclic) bond motifs is 1. The van der Waals surface area contributed by atoms with Gasteiger partial charge in [0.2, 0.25) is 11.7 Å². The summed E-state index contributed by atoms with van der Waals surface area (Å²) in [5.41, 5.74) is 14.9. The van der Waals surface area contributed by atoms with Crippen molar-refractivity contribution < 1.29 is 18.6 Å². The molecule has 0 aliphatic carbocycles. The van der Waals surface area contributed by atoms with E-state index in [0.29, 0.717) is 52.0 Å². The smallest absolute Gasteiger partial charge is 0.220 e. The summed E-state index contributed by atoms with van der Waals surface area (Å²) in [4.78, 5) is 12.7. The van der Waals surface area contributed by atoms with Crippen LogP contribution in [0.2, 0.25) is 0 Å². The number of ether oxygens (including phenoxy) is 3. The maximum atomic E-state index is 15.0. The summed E-state index contributed by atoms with van der Waals surface area (Å²) in [6, 6.07) is 7.61. The fourth-order valence-electron chi connectivity index (χ4n) is 3.88. The fourth-order valence-corrected chi connectivity index (χ4v) is 3.88. The van der Waals surface area contributed by atoms with Crippen LogP contribution in [0.3, 0.4) is 0 Å². The topological polar surface area (TPSA) is 123 Å². The Morgan fingerprint density at radius 2 is 1.73 bits per heavy atom. The van der Waals surface area contributed by atoms with Crippen molar-refractivity contribution in [3.63, 3.8) is 0 Å². The van der Waals surface area contributed by atoms with E-state index >= 15 is 0 Å². The quantitative estimate of drug-likeness (QED) is 0.438. The maximum Gasteiger partial charge on any atom is 0.220 e. The van der Waals surface area contributed by atoms with Crippen LogP contribution >= 0.6 is 0 Å². The number of rotatable bonds is 7. The highest BCUT2D eigenvalue weighted by molar-refractivity contribution is 5.82. The minimum absolute atomic E-state index is 0.0705. The predicted octanol–water partition coefficient (Wildman–Crippen LogP) is 3.31. The summed E-state index contributed by atoms with van der Waals surface area (Å²) in [7, 11) is 4.62. The van der Waals surface area contributed by atoms with Gasteiger partial charge in [0.1, 0.15) is 11.6 Å². The molecule has 0 aliphatic heterocycles. The first-order valence-electron chi connectivity index (χ1n) is 10.3. The summed E-state index contributed by atoms with van der Waals surface area (Å²) in [5.74, 6) is 1.61. The average Bonchev–Trinajstić information content (AvgIpc) is 3.19. The molecular weight excluding hydrogens is 427 g/mol. The zero-order valence-corrected chi connectivity index (χ0v) is 18.8. The zero-order valence-electron chi connectivity index (χ0n) is 18.8. The molecule has 0 saturated heterocycles. The molecule has 0 radical (unpaired) electrons. The summed E-state index contributed by atoms with van der Waals surface area (Å²) in [6.07, 6.45) is 1.49. The van der Waals surface area contributed by atoms with Crippen molar-refractivity contribution in [3.05, 3.63) is 53.7 Å². The number of benzene rings is 2. The van der Waals surface area contributed by atoms with Gasteiger partial charge >= 0.3 is 0 Å². The summed E-state index contributed by atoms with van der Waals surface area (Å²) in [5, 5.41) is 0. The van der Waals surface area contributed by atoms with Crippen LogP contribution in [0.25, 0.3) is 22.3 Å². The van der Waals surface area contributed by atoms with Crippen LogP contribution in [-0.4, -0.2) is 40.8 Å². The van der Waals surface area contributed by atoms with Crippen LogP contribution in [0.15, 0.2) is 36.5 Å². The van der Waals surface area contributed by atoms with Crippen LogP contribution < -0.4 is 25.7 Å². The molecule has 4 rings (SSSR count). The van der Waals surface area contributed by atoms with Gasteiger partial charge in [-0.05, 0) is 36.8 Å². The lowest BCUT2D eigenvalue weighted by Gasteiger charge is -2.18. The monoisotopic (exact) mass is 452 g/mol. The Bertz CT molecular complexity index is 1300. The second kappa shape index (κ2) is 8.91. The van der Waals surface area contributed by atoms with Crippen LogP contribution in [0.4, 0.5) is 10.3 Å². The number of imidazole rings is 1. The Kier molecular flexibility index (Phi) is 6.01. The van der Waals surface area contributed by atoms with E-state index in [1.54, 1.807) is 24.3 Å². The van der Waals surface area contributed by atoms with Gasteiger partial charge in [-0.3, -0.25) is 0 Å². The van der Waals surface area contributed by atoms with Gasteiger partial charge in [0.25, 0.3) is 0 Å². The van der Waals surface area contributed by atoms with Crippen LogP contribution in [0.5, 0.6) is 17.2 Å². The van der Waals surface area contributed by atoms with Gasteiger partial charge in [-0.2, -0.15) is 0 Å². The molecule has 1 unspecified atom stereocenters. The van der Waals surface area contributed by atoms with Gasteiger partial charge in [-0.25, -0.2) is 19.3 Å². The van der Waals surface area contributed by atoms with Crippen molar-refractivity contribution in [3.8, 4) is 28.5 Å². The lowest BCUT2D eigenvalue weighted by Crippen LogP contribution is -2.18. The Labute approximate surface area is 190 Å². The predicted molar refractivity (Wildman–Crippen MR) is 123 cm³/mol. The van der Waals surface area contributed by atoms with Crippen molar-refractivity contribution in [2.45, 2.75) is 19.5 Å². The Hall–Kier alpha value is -3.92. The number of nitrogen functional groups attached to an aromatic ring is 1. The Morgan fingerprint density at radius 1 is 1.03 bits per heavy atom. The number of aromatic nitrogens is 4. The van der Waals surface area contributed by atoms with Gasteiger partial charge < -0.3 is 30.2 Å². The first-order valence-corrected chi connectivity index (χ1v) is 10.3. The largest absolute Gasteiger partial charge is 0.493 e. The van der Waals surface area contributed by atoms with E-state index in [4.69, 9.17) is 25.7 Å². The van der Waals surface area contributed by atoms with E-state index in [9.17, 15) is 4.39 Å². The van der Waals surface area contributed by atoms with Crippen molar-refractivity contribution >= 4 is 17.0 Å². The number of methoxy groups -OCH3 is 3. The highest BCUT2D eigenvalue weighted by atomic mass is 19.1. The Morgan fingerprint density at radius 3 is 2.30 bits per heavy atom.